The Balaban J connectivity index is 1.41. The molecule has 0 spiro atoms. The smallest absolute Gasteiger partial charge is 0.259 e. The van der Waals surface area contributed by atoms with Crippen molar-refractivity contribution in [3.8, 4) is 11.3 Å². The molecule has 0 aliphatic heterocycles. The first kappa shape index (κ1) is 23.9. The molecule has 3 aromatic heterocycles. The van der Waals surface area contributed by atoms with Crippen LogP contribution >= 0.6 is 0 Å². The summed E-state index contributed by atoms with van der Waals surface area (Å²) < 4.78 is 17.0. The number of aryl methyl sites for hydroxylation is 1. The third-order valence-corrected chi connectivity index (χ3v) is 6.76. The van der Waals surface area contributed by atoms with Crippen molar-refractivity contribution < 1.29 is 14.3 Å². The highest BCUT2D eigenvalue weighted by molar-refractivity contribution is 6.04. The average Bonchev–Trinajstić information content (AvgIpc) is 3.29. The van der Waals surface area contributed by atoms with Crippen LogP contribution in [-0.2, 0) is 6.42 Å². The summed E-state index contributed by atoms with van der Waals surface area (Å²) >= 11 is 0. The van der Waals surface area contributed by atoms with Gasteiger partial charge in [0.05, 0.1) is 23.6 Å². The van der Waals surface area contributed by atoms with Crippen LogP contribution in [-0.4, -0.2) is 36.5 Å². The molecule has 0 radical (unpaired) electrons. The molecule has 4 N–H and O–H groups in total. The van der Waals surface area contributed by atoms with Gasteiger partial charge >= 0.3 is 0 Å². The van der Waals surface area contributed by atoms with E-state index >= 15 is 4.39 Å². The van der Waals surface area contributed by atoms with Crippen molar-refractivity contribution >= 4 is 23.1 Å². The van der Waals surface area contributed by atoms with Gasteiger partial charge in [0.2, 0.25) is 0 Å². The number of imidazole rings is 1. The van der Waals surface area contributed by atoms with Crippen LogP contribution in [0.5, 0.6) is 0 Å². The molecule has 9 heteroatoms. The maximum absolute atomic E-state index is 15.1. The highest BCUT2D eigenvalue weighted by Crippen LogP contribution is 2.34. The number of hydrogen-bond acceptors (Lipinski definition) is 6. The third-order valence-electron chi connectivity index (χ3n) is 6.76. The second-order valence-electron chi connectivity index (χ2n) is 9.34. The van der Waals surface area contributed by atoms with E-state index in [9.17, 15) is 9.90 Å². The second kappa shape index (κ2) is 10.0. The number of carbonyl (C=O) groups excluding carboxylic acids is 1. The number of hydrogen-bond donors (Lipinski definition) is 3. The summed E-state index contributed by atoms with van der Waals surface area (Å²) in [5.74, 6) is 0.515. The van der Waals surface area contributed by atoms with Gasteiger partial charge in [-0.05, 0) is 61.9 Å². The molecule has 8 nitrogen and oxygen atoms in total. The van der Waals surface area contributed by atoms with Gasteiger partial charge < -0.3 is 16.2 Å². The Morgan fingerprint density at radius 1 is 1.19 bits per heavy atom. The van der Waals surface area contributed by atoms with E-state index in [1.807, 2.05) is 10.5 Å². The number of nitrogen functional groups attached to an aromatic ring is 1. The van der Waals surface area contributed by atoms with Crippen molar-refractivity contribution in [3.63, 3.8) is 0 Å². The minimum absolute atomic E-state index is 0.0837. The standard InChI is InChI=1S/C27H29FN6O2/c1-2-3-16-10-11-30-24(12-16)33-27(36)20-9-6-18(13-21(20)28)22-15-34-23(25(29)32-22)14-31-26(34)17-4-7-19(35)8-5-17/h6,9-15,17,19,35H,2-5,7-8H2,1H3,(H2,29,32)(H,30,33,36). The van der Waals surface area contributed by atoms with Crippen molar-refractivity contribution in [2.24, 2.45) is 0 Å². The van der Waals surface area contributed by atoms with Crippen LogP contribution in [0.15, 0.2) is 48.9 Å². The van der Waals surface area contributed by atoms with Gasteiger partial charge in [0, 0.05) is 23.9 Å². The topological polar surface area (TPSA) is 118 Å². The van der Waals surface area contributed by atoms with E-state index in [1.165, 1.54) is 12.1 Å². The number of nitrogens with two attached hydrogens (primary N) is 1. The average molecular weight is 489 g/mol. The summed E-state index contributed by atoms with van der Waals surface area (Å²) in [5, 5.41) is 12.5. The molecule has 186 valence electrons. The van der Waals surface area contributed by atoms with Gasteiger partial charge in [-0.15, -0.1) is 0 Å². The normalized spacial score (nSPS) is 17.9. The molecule has 0 saturated heterocycles. The van der Waals surface area contributed by atoms with Gasteiger partial charge in [0.1, 0.15) is 28.8 Å². The van der Waals surface area contributed by atoms with E-state index in [1.54, 1.807) is 30.7 Å². The van der Waals surface area contributed by atoms with E-state index in [0.717, 1.165) is 49.9 Å². The third kappa shape index (κ3) is 4.79. The Morgan fingerprint density at radius 2 is 2.00 bits per heavy atom. The summed E-state index contributed by atoms with van der Waals surface area (Å²) in [6.45, 7) is 2.07. The van der Waals surface area contributed by atoms with Crippen molar-refractivity contribution in [1.82, 2.24) is 19.4 Å². The number of rotatable bonds is 6. The number of aliphatic hydroxyl groups is 1. The molecule has 0 unspecified atom stereocenters. The Morgan fingerprint density at radius 3 is 2.75 bits per heavy atom. The lowest BCUT2D eigenvalue weighted by Crippen LogP contribution is -2.18. The molecule has 4 aromatic rings. The zero-order valence-corrected chi connectivity index (χ0v) is 20.1. The summed E-state index contributed by atoms with van der Waals surface area (Å²) in [4.78, 5) is 25.9. The van der Waals surface area contributed by atoms with E-state index in [2.05, 4.69) is 27.2 Å². The van der Waals surface area contributed by atoms with Crippen LogP contribution in [0.2, 0.25) is 0 Å². The lowest BCUT2D eigenvalue weighted by Gasteiger charge is -2.24. The number of nitrogens with zero attached hydrogens (tertiary/aromatic N) is 4. The number of fused-ring (bicyclic) bond motifs is 1. The summed E-state index contributed by atoms with van der Waals surface area (Å²) in [6.07, 6.45) is 9.87. The number of halogens is 1. The Bertz CT molecular complexity index is 1410. The Kier molecular flexibility index (Phi) is 6.65. The number of anilines is 2. The minimum Gasteiger partial charge on any atom is -0.393 e. The number of amides is 1. The van der Waals surface area contributed by atoms with Crippen LogP contribution < -0.4 is 11.1 Å². The molecule has 1 amide bonds. The largest absolute Gasteiger partial charge is 0.393 e. The highest BCUT2D eigenvalue weighted by atomic mass is 19.1. The van der Waals surface area contributed by atoms with Crippen molar-refractivity contribution in [1.29, 1.82) is 0 Å². The van der Waals surface area contributed by atoms with Gasteiger partial charge in [-0.1, -0.05) is 19.4 Å². The van der Waals surface area contributed by atoms with Crippen LogP contribution in [0.1, 0.15) is 66.7 Å². The monoisotopic (exact) mass is 488 g/mol. The Hall–Kier alpha value is -3.85. The molecule has 5 rings (SSSR count). The zero-order valence-electron chi connectivity index (χ0n) is 20.1. The van der Waals surface area contributed by atoms with Gasteiger partial charge in [-0.2, -0.15) is 0 Å². The van der Waals surface area contributed by atoms with Crippen LogP contribution in [0.3, 0.4) is 0 Å². The molecule has 1 aliphatic carbocycles. The predicted molar refractivity (Wildman–Crippen MR) is 136 cm³/mol. The van der Waals surface area contributed by atoms with Crippen molar-refractivity contribution in [2.75, 3.05) is 11.1 Å². The van der Waals surface area contributed by atoms with Crippen molar-refractivity contribution in [3.05, 3.63) is 71.7 Å². The number of aromatic nitrogens is 4. The van der Waals surface area contributed by atoms with E-state index in [4.69, 9.17) is 5.73 Å². The van der Waals surface area contributed by atoms with Crippen molar-refractivity contribution in [2.45, 2.75) is 57.5 Å². The lowest BCUT2D eigenvalue weighted by atomic mass is 9.87. The van der Waals surface area contributed by atoms with E-state index < -0.39 is 11.7 Å². The fourth-order valence-corrected chi connectivity index (χ4v) is 4.84. The molecule has 1 aromatic carbocycles. The zero-order chi connectivity index (χ0) is 25.2. The van der Waals surface area contributed by atoms with E-state index in [-0.39, 0.29) is 17.6 Å². The molecule has 3 heterocycles. The SMILES string of the molecule is CCCc1ccnc(NC(=O)c2ccc(-c3cn4c(C5CCC(O)CC5)ncc4c(N)n3)cc2F)c1. The summed E-state index contributed by atoms with van der Waals surface area (Å²) in [6, 6.07) is 8.07. The molecule has 0 atom stereocenters. The fraction of sp³-hybridized carbons (Fsp3) is 0.333. The van der Waals surface area contributed by atoms with Crippen LogP contribution in [0.25, 0.3) is 16.8 Å². The van der Waals surface area contributed by atoms with Crippen LogP contribution in [0.4, 0.5) is 16.0 Å². The quantitative estimate of drug-likeness (QED) is 0.361. The first-order valence-electron chi connectivity index (χ1n) is 12.3. The van der Waals surface area contributed by atoms with Gasteiger partial charge in [0.15, 0.2) is 0 Å². The molecule has 1 aliphatic rings. The molecule has 36 heavy (non-hydrogen) atoms. The molecular weight excluding hydrogens is 459 g/mol. The second-order valence-corrected chi connectivity index (χ2v) is 9.34. The first-order valence-corrected chi connectivity index (χ1v) is 12.3. The number of nitrogens with one attached hydrogen (secondary N) is 1. The molecule has 1 fully saturated rings. The maximum Gasteiger partial charge on any atom is 0.259 e. The predicted octanol–water partition coefficient (Wildman–Crippen LogP) is 4.74. The maximum atomic E-state index is 15.1. The first-order chi connectivity index (χ1) is 17.4. The fourth-order valence-electron chi connectivity index (χ4n) is 4.84. The minimum atomic E-state index is -0.665. The van der Waals surface area contributed by atoms with E-state index in [0.29, 0.717) is 28.4 Å². The lowest BCUT2D eigenvalue weighted by molar-refractivity contribution is 0.102. The van der Waals surface area contributed by atoms with Gasteiger partial charge in [-0.3, -0.25) is 9.20 Å². The van der Waals surface area contributed by atoms with Gasteiger partial charge in [-0.25, -0.2) is 19.3 Å². The molecule has 1 saturated carbocycles. The number of pyridine rings is 1. The molecular formula is C27H29FN6O2. The highest BCUT2D eigenvalue weighted by Gasteiger charge is 2.25. The Labute approximate surface area is 208 Å². The summed E-state index contributed by atoms with van der Waals surface area (Å²) in [7, 11) is 0. The number of aliphatic hydroxyl groups excluding tert-OH is 1. The summed E-state index contributed by atoms with van der Waals surface area (Å²) in [5.41, 5.74) is 8.86. The number of benzene rings is 1. The van der Waals surface area contributed by atoms with Gasteiger partial charge in [0.25, 0.3) is 5.91 Å². The molecule has 0 bridgehead atoms. The number of carbonyl (C=O) groups is 1. The van der Waals surface area contributed by atoms with Crippen LogP contribution in [0, 0.1) is 5.82 Å².